The Balaban J connectivity index is 2.38. The van der Waals surface area contributed by atoms with Crippen LogP contribution in [-0.2, 0) is 10.0 Å². The predicted octanol–water partition coefficient (Wildman–Crippen LogP) is 3.55. The van der Waals surface area contributed by atoms with E-state index in [1.54, 1.807) is 6.92 Å². The van der Waals surface area contributed by atoms with Crippen molar-refractivity contribution in [3.05, 3.63) is 45.4 Å². The summed E-state index contributed by atoms with van der Waals surface area (Å²) in [6.07, 6.45) is 1.12. The second-order valence-electron chi connectivity index (χ2n) is 3.82. The van der Waals surface area contributed by atoms with Crippen LogP contribution in [0.25, 0.3) is 0 Å². The smallest absolute Gasteiger partial charge is 0.263 e. The van der Waals surface area contributed by atoms with Crippen LogP contribution < -0.4 is 4.72 Å². The number of hydrogen-bond acceptors (Lipinski definition) is 4. The van der Waals surface area contributed by atoms with E-state index in [1.165, 1.54) is 18.2 Å². The molecule has 0 saturated heterocycles. The van der Waals surface area contributed by atoms with Crippen LogP contribution in [-0.4, -0.2) is 18.4 Å². The molecule has 0 aliphatic rings. The van der Waals surface area contributed by atoms with Crippen molar-refractivity contribution in [3.8, 4) is 0 Å². The number of nitrogens with zero attached hydrogens (tertiary/aromatic N) is 2. The van der Waals surface area contributed by atoms with Crippen molar-refractivity contribution in [2.24, 2.45) is 0 Å². The third-order valence-corrected chi connectivity index (χ3v) is 4.61. The van der Waals surface area contributed by atoms with E-state index in [0.717, 1.165) is 6.20 Å². The fraction of sp³-hybridized carbons (Fsp3) is 0.0909. The van der Waals surface area contributed by atoms with Gasteiger partial charge < -0.3 is 0 Å². The van der Waals surface area contributed by atoms with Gasteiger partial charge in [-0.25, -0.2) is 18.4 Å². The van der Waals surface area contributed by atoms with Gasteiger partial charge in [0.1, 0.15) is 15.2 Å². The first-order valence-electron chi connectivity index (χ1n) is 5.26. The lowest BCUT2D eigenvalue weighted by Gasteiger charge is -2.10. The number of sulfonamides is 1. The van der Waals surface area contributed by atoms with Gasteiger partial charge in [0.15, 0.2) is 0 Å². The summed E-state index contributed by atoms with van der Waals surface area (Å²) in [5, 5.41) is 0.372. The van der Waals surface area contributed by atoms with E-state index in [2.05, 4.69) is 14.7 Å². The van der Waals surface area contributed by atoms with E-state index in [9.17, 15) is 8.42 Å². The maximum Gasteiger partial charge on any atom is 0.263 e. The predicted molar refractivity (Wildman–Crippen MR) is 79.0 cm³/mol. The van der Waals surface area contributed by atoms with E-state index >= 15 is 0 Å². The van der Waals surface area contributed by atoms with Crippen LogP contribution in [0.4, 0.5) is 5.69 Å². The molecule has 2 aromatic rings. The number of halogens is 3. The minimum Gasteiger partial charge on any atom is -0.278 e. The van der Waals surface area contributed by atoms with Crippen LogP contribution in [0, 0.1) is 6.92 Å². The van der Waals surface area contributed by atoms with Crippen LogP contribution in [0.5, 0.6) is 0 Å². The highest BCUT2D eigenvalue weighted by atomic mass is 35.5. The average molecular weight is 353 g/mol. The first kappa shape index (κ1) is 15.3. The van der Waals surface area contributed by atoms with E-state index < -0.39 is 10.0 Å². The summed E-state index contributed by atoms with van der Waals surface area (Å²) in [6, 6.07) is 4.23. The van der Waals surface area contributed by atoms with E-state index in [0.29, 0.717) is 11.4 Å². The normalized spacial score (nSPS) is 11.4. The summed E-state index contributed by atoms with van der Waals surface area (Å²) in [5.74, 6) is 0. The number of hydrogen-bond donors (Lipinski definition) is 1. The molecule has 5 nitrogen and oxygen atoms in total. The third-order valence-electron chi connectivity index (χ3n) is 2.38. The fourth-order valence-corrected chi connectivity index (χ4v) is 3.00. The maximum absolute atomic E-state index is 12.2. The molecule has 0 saturated carbocycles. The lowest BCUT2D eigenvalue weighted by atomic mass is 10.3. The second kappa shape index (κ2) is 5.73. The lowest BCUT2D eigenvalue weighted by molar-refractivity contribution is 0.600. The van der Waals surface area contributed by atoms with Gasteiger partial charge in [-0.1, -0.05) is 34.8 Å². The Morgan fingerprint density at radius 2 is 1.90 bits per heavy atom. The van der Waals surface area contributed by atoms with Crippen molar-refractivity contribution in [1.82, 2.24) is 9.97 Å². The zero-order chi connectivity index (χ0) is 14.9. The minimum absolute atomic E-state index is 0.0370. The SMILES string of the molecule is Cc1nc(Cl)ccc1NS(=O)(=O)c1cnc(Cl)c(Cl)c1. The number of pyridine rings is 2. The number of nitrogens with one attached hydrogen (secondary N) is 1. The summed E-state index contributed by atoms with van der Waals surface area (Å²) in [4.78, 5) is 7.56. The number of aromatic nitrogens is 2. The van der Waals surface area contributed by atoms with Crippen LogP contribution in [0.2, 0.25) is 15.3 Å². The molecule has 0 aromatic carbocycles. The van der Waals surface area contributed by atoms with E-state index in [1.807, 2.05) is 0 Å². The number of anilines is 1. The monoisotopic (exact) mass is 351 g/mol. The lowest BCUT2D eigenvalue weighted by Crippen LogP contribution is -2.14. The summed E-state index contributed by atoms with van der Waals surface area (Å²) in [5.41, 5.74) is 0.773. The zero-order valence-electron chi connectivity index (χ0n) is 10.1. The van der Waals surface area contributed by atoms with Gasteiger partial charge in [0.25, 0.3) is 10.0 Å². The first-order valence-corrected chi connectivity index (χ1v) is 7.88. The largest absolute Gasteiger partial charge is 0.278 e. The Morgan fingerprint density at radius 1 is 1.20 bits per heavy atom. The van der Waals surface area contributed by atoms with Gasteiger partial charge in [-0.2, -0.15) is 0 Å². The Morgan fingerprint density at radius 3 is 2.50 bits per heavy atom. The molecule has 0 bridgehead atoms. The molecule has 0 spiro atoms. The van der Waals surface area contributed by atoms with Crippen LogP contribution in [0.3, 0.4) is 0 Å². The third kappa shape index (κ3) is 3.32. The molecule has 20 heavy (non-hydrogen) atoms. The molecule has 0 aliphatic carbocycles. The molecule has 0 radical (unpaired) electrons. The molecule has 0 atom stereocenters. The molecule has 9 heteroatoms. The van der Waals surface area contributed by atoms with Gasteiger partial charge in [0, 0.05) is 6.20 Å². The van der Waals surface area contributed by atoms with Crippen molar-refractivity contribution in [2.75, 3.05) is 4.72 Å². The van der Waals surface area contributed by atoms with Gasteiger partial charge in [0.2, 0.25) is 0 Å². The van der Waals surface area contributed by atoms with Crippen molar-refractivity contribution < 1.29 is 8.42 Å². The molecular formula is C11H8Cl3N3O2S. The molecule has 2 heterocycles. The Hall–Kier alpha value is -1.08. The molecule has 1 N–H and O–H groups in total. The average Bonchev–Trinajstić information content (AvgIpc) is 2.36. The quantitative estimate of drug-likeness (QED) is 0.858. The van der Waals surface area contributed by atoms with E-state index in [-0.39, 0.29) is 20.2 Å². The highest BCUT2D eigenvalue weighted by Gasteiger charge is 2.17. The number of rotatable bonds is 3. The van der Waals surface area contributed by atoms with Crippen LogP contribution in [0.1, 0.15) is 5.69 Å². The first-order chi connectivity index (χ1) is 9.29. The molecule has 0 fully saturated rings. The highest BCUT2D eigenvalue weighted by Crippen LogP contribution is 2.24. The van der Waals surface area contributed by atoms with Gasteiger partial charge in [-0.3, -0.25) is 4.72 Å². The van der Waals surface area contributed by atoms with E-state index in [4.69, 9.17) is 34.8 Å². The molecule has 0 aliphatic heterocycles. The van der Waals surface area contributed by atoms with Gasteiger partial charge >= 0.3 is 0 Å². The summed E-state index contributed by atoms with van der Waals surface area (Å²) in [6.45, 7) is 1.64. The zero-order valence-corrected chi connectivity index (χ0v) is 13.1. The van der Waals surface area contributed by atoms with Crippen LogP contribution >= 0.6 is 34.8 Å². The Labute approximate surface area is 131 Å². The summed E-state index contributed by atoms with van der Waals surface area (Å²) >= 11 is 17.1. The maximum atomic E-state index is 12.2. The molecule has 0 amide bonds. The van der Waals surface area contributed by atoms with Crippen molar-refractivity contribution in [1.29, 1.82) is 0 Å². The van der Waals surface area contributed by atoms with Gasteiger partial charge in [-0.15, -0.1) is 0 Å². The summed E-state index contributed by atoms with van der Waals surface area (Å²) in [7, 11) is -3.83. The highest BCUT2D eigenvalue weighted by molar-refractivity contribution is 7.92. The van der Waals surface area contributed by atoms with Gasteiger partial charge in [-0.05, 0) is 25.1 Å². The summed E-state index contributed by atoms with van der Waals surface area (Å²) < 4.78 is 26.8. The van der Waals surface area contributed by atoms with Crippen molar-refractivity contribution >= 4 is 50.5 Å². The minimum atomic E-state index is -3.83. The Kier molecular flexibility index (Phi) is 4.39. The van der Waals surface area contributed by atoms with Crippen molar-refractivity contribution in [3.63, 3.8) is 0 Å². The number of aryl methyl sites for hydroxylation is 1. The fourth-order valence-electron chi connectivity index (χ4n) is 1.39. The molecule has 106 valence electrons. The standard InChI is InChI=1S/C11H8Cl3N3O2S/c1-6-9(2-3-10(13)16-6)17-20(18,19)7-4-8(12)11(14)15-5-7/h2-5,17H,1H3. The molecular weight excluding hydrogens is 345 g/mol. The molecule has 2 aromatic heterocycles. The topological polar surface area (TPSA) is 72.0 Å². The molecule has 0 unspecified atom stereocenters. The molecule has 2 rings (SSSR count). The van der Waals surface area contributed by atoms with Crippen molar-refractivity contribution in [2.45, 2.75) is 11.8 Å². The van der Waals surface area contributed by atoms with Gasteiger partial charge in [0.05, 0.1) is 16.4 Å². The van der Waals surface area contributed by atoms with Crippen LogP contribution in [0.15, 0.2) is 29.3 Å². The Bertz CT molecular complexity index is 766. The second-order valence-corrected chi connectivity index (χ2v) is 6.65.